The van der Waals surface area contributed by atoms with Gasteiger partial charge in [0.15, 0.2) is 0 Å². The molecule has 1 aliphatic heterocycles. The Morgan fingerprint density at radius 3 is 2.53 bits per heavy atom. The molecule has 94 valence electrons. The molecule has 0 saturated carbocycles. The number of thiol groups is 1. The zero-order valence-corrected chi connectivity index (χ0v) is 11.0. The molecule has 1 heterocycles. The van der Waals surface area contributed by atoms with Crippen LogP contribution in [0.1, 0.15) is 5.56 Å². The molecule has 4 heteroatoms. The fourth-order valence-corrected chi connectivity index (χ4v) is 2.06. The smallest absolute Gasteiger partial charge is 0.0594 e. The Balaban J connectivity index is 1.84. The molecule has 0 spiro atoms. The van der Waals surface area contributed by atoms with E-state index < -0.39 is 0 Å². The van der Waals surface area contributed by atoms with Crippen LogP contribution in [0.2, 0.25) is 0 Å². The lowest BCUT2D eigenvalue weighted by molar-refractivity contribution is 0.0342. The van der Waals surface area contributed by atoms with E-state index >= 15 is 0 Å². The monoisotopic (exact) mass is 252 g/mol. The van der Waals surface area contributed by atoms with Crippen LogP contribution in [0.15, 0.2) is 24.3 Å². The number of hydrogen-bond acceptors (Lipinski definition) is 4. The molecular weight excluding hydrogens is 232 g/mol. The van der Waals surface area contributed by atoms with Crippen LogP contribution in [0.5, 0.6) is 0 Å². The van der Waals surface area contributed by atoms with Gasteiger partial charge in [0.1, 0.15) is 0 Å². The summed E-state index contributed by atoms with van der Waals surface area (Å²) in [5.41, 5.74) is 2.54. The number of nitrogens with zero attached hydrogens (tertiary/aromatic N) is 1. The van der Waals surface area contributed by atoms with Crippen molar-refractivity contribution in [3.8, 4) is 0 Å². The van der Waals surface area contributed by atoms with Gasteiger partial charge in [-0.25, -0.2) is 0 Å². The normalized spacial score (nSPS) is 17.0. The Morgan fingerprint density at radius 1 is 1.18 bits per heavy atom. The summed E-state index contributed by atoms with van der Waals surface area (Å²) in [6.07, 6.45) is 0. The summed E-state index contributed by atoms with van der Waals surface area (Å²) < 4.78 is 5.34. The first-order valence-electron chi connectivity index (χ1n) is 6.12. The van der Waals surface area contributed by atoms with Gasteiger partial charge < -0.3 is 10.1 Å². The molecule has 17 heavy (non-hydrogen) atoms. The molecule has 1 aliphatic rings. The van der Waals surface area contributed by atoms with Crippen LogP contribution < -0.4 is 5.32 Å². The second-order valence-electron chi connectivity index (χ2n) is 4.24. The van der Waals surface area contributed by atoms with Gasteiger partial charge in [0, 0.05) is 37.6 Å². The highest BCUT2D eigenvalue weighted by molar-refractivity contribution is 7.80. The maximum atomic E-state index is 5.34. The SMILES string of the molecule is SCCNc1ccc(CN2CCOCC2)cc1. The largest absolute Gasteiger partial charge is 0.384 e. The fraction of sp³-hybridized carbons (Fsp3) is 0.538. The molecule has 0 radical (unpaired) electrons. The van der Waals surface area contributed by atoms with E-state index in [1.807, 2.05) is 0 Å². The van der Waals surface area contributed by atoms with Crippen LogP contribution in [-0.4, -0.2) is 43.5 Å². The first-order chi connectivity index (χ1) is 8.38. The van der Waals surface area contributed by atoms with Crippen LogP contribution >= 0.6 is 12.6 Å². The maximum Gasteiger partial charge on any atom is 0.0594 e. The number of morpholine rings is 1. The zero-order chi connectivity index (χ0) is 11.9. The van der Waals surface area contributed by atoms with E-state index in [2.05, 4.69) is 47.1 Å². The molecule has 3 nitrogen and oxygen atoms in total. The molecule has 0 atom stereocenters. The van der Waals surface area contributed by atoms with Gasteiger partial charge in [-0.05, 0) is 17.7 Å². The lowest BCUT2D eigenvalue weighted by Gasteiger charge is -2.26. The van der Waals surface area contributed by atoms with E-state index in [-0.39, 0.29) is 0 Å². The Kier molecular flexibility index (Phi) is 5.16. The Hall–Kier alpha value is -0.710. The molecule has 0 bridgehead atoms. The first-order valence-corrected chi connectivity index (χ1v) is 6.75. The number of hydrogen-bond donors (Lipinski definition) is 2. The summed E-state index contributed by atoms with van der Waals surface area (Å²) in [6.45, 7) is 5.74. The lowest BCUT2D eigenvalue weighted by atomic mass is 10.2. The topological polar surface area (TPSA) is 24.5 Å². The average Bonchev–Trinajstić information content (AvgIpc) is 2.39. The number of benzene rings is 1. The summed E-state index contributed by atoms with van der Waals surface area (Å²) in [7, 11) is 0. The Labute approximate surface area is 109 Å². The van der Waals surface area contributed by atoms with Gasteiger partial charge in [0.05, 0.1) is 13.2 Å². The fourth-order valence-electron chi connectivity index (χ4n) is 1.95. The molecule has 1 fully saturated rings. The van der Waals surface area contributed by atoms with Crippen molar-refractivity contribution in [1.29, 1.82) is 0 Å². The number of nitrogens with one attached hydrogen (secondary N) is 1. The van der Waals surface area contributed by atoms with Gasteiger partial charge in [0.25, 0.3) is 0 Å². The van der Waals surface area contributed by atoms with E-state index in [1.54, 1.807) is 0 Å². The number of rotatable bonds is 5. The molecule has 1 aromatic carbocycles. The van der Waals surface area contributed by atoms with Crippen LogP contribution in [0.4, 0.5) is 5.69 Å². The minimum atomic E-state index is 0.857. The maximum absolute atomic E-state index is 5.34. The third kappa shape index (κ3) is 4.22. The standard InChI is InChI=1S/C13H20N2OS/c17-10-5-14-13-3-1-12(2-4-13)11-15-6-8-16-9-7-15/h1-4,14,17H,5-11H2. The van der Waals surface area contributed by atoms with Crippen molar-refractivity contribution in [3.05, 3.63) is 29.8 Å². The lowest BCUT2D eigenvalue weighted by Crippen LogP contribution is -2.35. The summed E-state index contributed by atoms with van der Waals surface area (Å²) >= 11 is 4.18. The Morgan fingerprint density at radius 2 is 1.88 bits per heavy atom. The van der Waals surface area contributed by atoms with E-state index in [0.717, 1.165) is 45.1 Å². The van der Waals surface area contributed by atoms with Crippen molar-refractivity contribution < 1.29 is 4.74 Å². The molecule has 1 aromatic rings. The molecule has 0 aromatic heterocycles. The van der Waals surface area contributed by atoms with Crippen molar-refractivity contribution >= 4 is 18.3 Å². The minimum absolute atomic E-state index is 0.857. The molecular formula is C13H20N2OS. The zero-order valence-electron chi connectivity index (χ0n) is 10.1. The summed E-state index contributed by atoms with van der Waals surface area (Å²) in [4.78, 5) is 2.43. The molecule has 1 saturated heterocycles. The number of ether oxygens (including phenoxy) is 1. The Bertz CT molecular complexity index is 323. The van der Waals surface area contributed by atoms with E-state index in [1.165, 1.54) is 11.3 Å². The van der Waals surface area contributed by atoms with Crippen molar-refractivity contribution in [3.63, 3.8) is 0 Å². The van der Waals surface area contributed by atoms with Crippen LogP contribution in [0.25, 0.3) is 0 Å². The quantitative estimate of drug-likeness (QED) is 0.782. The van der Waals surface area contributed by atoms with Crippen molar-refractivity contribution in [2.45, 2.75) is 6.54 Å². The van der Waals surface area contributed by atoms with Crippen LogP contribution in [0, 0.1) is 0 Å². The third-order valence-electron chi connectivity index (χ3n) is 2.90. The van der Waals surface area contributed by atoms with Gasteiger partial charge in [-0.2, -0.15) is 12.6 Å². The van der Waals surface area contributed by atoms with Crippen molar-refractivity contribution in [1.82, 2.24) is 4.90 Å². The molecule has 1 N–H and O–H groups in total. The van der Waals surface area contributed by atoms with Gasteiger partial charge in [-0.15, -0.1) is 0 Å². The van der Waals surface area contributed by atoms with E-state index in [9.17, 15) is 0 Å². The molecule has 2 rings (SSSR count). The predicted octanol–water partition coefficient (Wildman–Crippen LogP) is 1.86. The second kappa shape index (κ2) is 6.89. The van der Waals surface area contributed by atoms with Gasteiger partial charge in [0.2, 0.25) is 0 Å². The molecule has 0 aliphatic carbocycles. The highest BCUT2D eigenvalue weighted by atomic mass is 32.1. The minimum Gasteiger partial charge on any atom is -0.384 e. The average molecular weight is 252 g/mol. The molecule has 0 unspecified atom stereocenters. The van der Waals surface area contributed by atoms with Crippen LogP contribution in [-0.2, 0) is 11.3 Å². The third-order valence-corrected chi connectivity index (χ3v) is 3.13. The summed E-state index contributed by atoms with van der Waals surface area (Å²) in [5, 5.41) is 3.32. The number of anilines is 1. The second-order valence-corrected chi connectivity index (χ2v) is 4.68. The van der Waals surface area contributed by atoms with Crippen molar-refractivity contribution in [2.24, 2.45) is 0 Å². The highest BCUT2D eigenvalue weighted by Crippen LogP contribution is 2.12. The van der Waals surface area contributed by atoms with Crippen LogP contribution in [0.3, 0.4) is 0 Å². The summed E-state index contributed by atoms with van der Waals surface area (Å²) in [6, 6.07) is 8.66. The summed E-state index contributed by atoms with van der Waals surface area (Å²) in [5.74, 6) is 0.857. The van der Waals surface area contributed by atoms with Gasteiger partial charge in [-0.1, -0.05) is 12.1 Å². The van der Waals surface area contributed by atoms with Crippen molar-refractivity contribution in [2.75, 3.05) is 43.9 Å². The van der Waals surface area contributed by atoms with Gasteiger partial charge in [-0.3, -0.25) is 4.90 Å². The first kappa shape index (κ1) is 12.7. The van der Waals surface area contributed by atoms with Gasteiger partial charge >= 0.3 is 0 Å². The van der Waals surface area contributed by atoms with E-state index in [4.69, 9.17) is 4.74 Å². The highest BCUT2D eigenvalue weighted by Gasteiger charge is 2.10. The van der Waals surface area contributed by atoms with E-state index in [0.29, 0.717) is 0 Å². The molecule has 0 amide bonds. The predicted molar refractivity (Wildman–Crippen MR) is 74.9 cm³/mol.